The Kier molecular flexibility index (Phi) is 2.53. The second kappa shape index (κ2) is 4.30. The zero-order chi connectivity index (χ0) is 14.6. The molecule has 2 unspecified atom stereocenters. The molecule has 2 atom stereocenters. The molecule has 1 aliphatic carbocycles. The van der Waals surface area contributed by atoms with Crippen molar-refractivity contribution in [2.45, 2.75) is 12.6 Å². The Hall–Kier alpha value is -2.40. The largest absolute Gasteiger partial charge is 0.297 e. The number of fused-ring (bicyclic) bond motifs is 2. The number of anilines is 1. The first-order valence-electron chi connectivity index (χ1n) is 6.92. The van der Waals surface area contributed by atoms with Crippen LogP contribution in [-0.2, 0) is 14.4 Å². The summed E-state index contributed by atoms with van der Waals surface area (Å²) in [7, 11) is 1.80. The number of nitrogens with zero attached hydrogens (tertiary/aromatic N) is 2. The number of hydrogen-bond acceptors (Lipinski definition) is 4. The van der Waals surface area contributed by atoms with E-state index in [9.17, 15) is 9.59 Å². The molecule has 5 nitrogen and oxygen atoms in total. The molecule has 2 heterocycles. The maximum absolute atomic E-state index is 12.4. The zero-order valence-electron chi connectivity index (χ0n) is 11.5. The number of ketones is 1. The van der Waals surface area contributed by atoms with Gasteiger partial charge in [0.15, 0.2) is 6.23 Å². The highest BCUT2D eigenvalue weighted by Gasteiger charge is 2.49. The van der Waals surface area contributed by atoms with Crippen molar-refractivity contribution < 1.29 is 14.4 Å². The van der Waals surface area contributed by atoms with Crippen molar-refractivity contribution >= 4 is 17.4 Å². The average Bonchev–Trinajstić information content (AvgIpc) is 2.97. The van der Waals surface area contributed by atoms with Crippen LogP contribution in [0.15, 0.2) is 48.2 Å². The lowest BCUT2D eigenvalue weighted by Crippen LogP contribution is -2.32. The molecule has 1 amide bonds. The molecule has 1 aromatic rings. The molecule has 5 heteroatoms. The molecule has 0 radical (unpaired) electrons. The molecule has 0 bridgehead atoms. The van der Waals surface area contributed by atoms with Crippen LogP contribution in [0.5, 0.6) is 0 Å². The van der Waals surface area contributed by atoms with Crippen LogP contribution in [0.1, 0.15) is 18.2 Å². The first kappa shape index (κ1) is 12.3. The van der Waals surface area contributed by atoms with Crippen LogP contribution in [-0.4, -0.2) is 23.6 Å². The third-order valence-corrected chi connectivity index (χ3v) is 4.19. The molecule has 0 aromatic heterocycles. The maximum Gasteiger partial charge on any atom is 0.297 e. The molecule has 4 rings (SSSR count). The van der Waals surface area contributed by atoms with E-state index in [-0.39, 0.29) is 11.7 Å². The number of hydroxylamine groups is 1. The lowest BCUT2D eigenvalue weighted by atomic mass is 9.96. The number of rotatable bonds is 1. The summed E-state index contributed by atoms with van der Waals surface area (Å²) >= 11 is 0. The van der Waals surface area contributed by atoms with Gasteiger partial charge in [0.25, 0.3) is 5.91 Å². The van der Waals surface area contributed by atoms with Gasteiger partial charge in [0.2, 0.25) is 5.78 Å². The summed E-state index contributed by atoms with van der Waals surface area (Å²) in [6.07, 6.45) is 5.65. The summed E-state index contributed by atoms with van der Waals surface area (Å²) in [5.74, 6) is -1.18. The number of hydrogen-bond donors (Lipinski definition) is 0. The molecular formula is C16H14N2O3. The normalized spacial score (nSPS) is 27.0. The molecule has 106 valence electrons. The van der Waals surface area contributed by atoms with Gasteiger partial charge in [-0.25, -0.2) is 4.84 Å². The number of amides is 1. The van der Waals surface area contributed by atoms with Gasteiger partial charge in [-0.15, -0.1) is 0 Å². The van der Waals surface area contributed by atoms with Crippen molar-refractivity contribution in [2.24, 2.45) is 5.92 Å². The number of carbonyl (C=O) groups is 2. The zero-order valence-corrected chi connectivity index (χ0v) is 11.5. The number of likely N-dealkylation sites (tertiary alicyclic amines) is 1. The third-order valence-electron chi connectivity index (χ3n) is 4.19. The lowest BCUT2D eigenvalue weighted by Gasteiger charge is -2.26. The molecule has 1 aromatic carbocycles. The van der Waals surface area contributed by atoms with Crippen LogP contribution >= 0.6 is 0 Å². The van der Waals surface area contributed by atoms with Crippen LogP contribution < -0.4 is 5.06 Å². The predicted octanol–water partition coefficient (Wildman–Crippen LogP) is 1.94. The quantitative estimate of drug-likeness (QED) is 0.739. The lowest BCUT2D eigenvalue weighted by molar-refractivity contribution is -0.147. The molecule has 1 fully saturated rings. The highest BCUT2D eigenvalue weighted by Crippen LogP contribution is 2.44. The Labute approximate surface area is 122 Å². The Morgan fingerprint density at radius 3 is 2.90 bits per heavy atom. The number of allylic oxidation sites excluding steroid dienone is 4. The van der Waals surface area contributed by atoms with Crippen molar-refractivity contribution in [2.75, 3.05) is 12.1 Å². The molecule has 0 spiro atoms. The van der Waals surface area contributed by atoms with E-state index in [4.69, 9.17) is 4.84 Å². The summed E-state index contributed by atoms with van der Waals surface area (Å²) in [4.78, 5) is 31.9. The smallest absolute Gasteiger partial charge is 0.288 e. The highest BCUT2D eigenvalue weighted by molar-refractivity contribution is 6.40. The minimum atomic E-state index is -0.564. The molecule has 21 heavy (non-hydrogen) atoms. The first-order chi connectivity index (χ1) is 10.2. The predicted molar refractivity (Wildman–Crippen MR) is 75.9 cm³/mol. The van der Waals surface area contributed by atoms with Gasteiger partial charge in [-0.1, -0.05) is 30.4 Å². The van der Waals surface area contributed by atoms with E-state index in [1.807, 2.05) is 42.5 Å². The Balaban J connectivity index is 1.80. The standard InChI is InChI=1S/C16H14N2O3/c1-17-12-8-4-3-7-11(12)16(21-17)18-13-9-5-2-6-10(13)14(19)15(18)20/h2-5,7-10,16H,6H2,1H3. The third kappa shape index (κ3) is 1.61. The van der Waals surface area contributed by atoms with Crippen LogP contribution in [0.25, 0.3) is 0 Å². The van der Waals surface area contributed by atoms with E-state index in [0.717, 1.165) is 16.9 Å². The molecular weight excluding hydrogens is 268 g/mol. The second-order valence-electron chi connectivity index (χ2n) is 5.36. The number of carbonyl (C=O) groups excluding carboxylic acids is 2. The topological polar surface area (TPSA) is 49.9 Å². The molecule has 1 saturated heterocycles. The van der Waals surface area contributed by atoms with E-state index < -0.39 is 12.1 Å². The summed E-state index contributed by atoms with van der Waals surface area (Å²) in [5, 5.41) is 1.64. The van der Waals surface area contributed by atoms with Gasteiger partial charge in [-0.05, 0) is 18.6 Å². The Bertz CT molecular complexity index is 707. The minimum Gasteiger partial charge on any atom is -0.288 e. The molecule has 0 N–H and O–H groups in total. The highest BCUT2D eigenvalue weighted by atomic mass is 16.7. The Morgan fingerprint density at radius 2 is 2.05 bits per heavy atom. The van der Waals surface area contributed by atoms with E-state index in [2.05, 4.69) is 0 Å². The minimum absolute atomic E-state index is 0.346. The van der Waals surface area contributed by atoms with Gasteiger partial charge in [-0.3, -0.25) is 19.6 Å². The van der Waals surface area contributed by atoms with Crippen molar-refractivity contribution in [1.29, 1.82) is 0 Å². The van der Waals surface area contributed by atoms with Gasteiger partial charge < -0.3 is 0 Å². The molecule has 0 saturated carbocycles. The fourth-order valence-electron chi connectivity index (χ4n) is 3.17. The van der Waals surface area contributed by atoms with Gasteiger partial charge in [0.05, 0.1) is 11.6 Å². The molecule has 2 aliphatic heterocycles. The second-order valence-corrected chi connectivity index (χ2v) is 5.36. The van der Waals surface area contributed by atoms with Gasteiger partial charge in [0, 0.05) is 18.3 Å². The number of Topliss-reactive ketones (excluding diaryl/α,β-unsaturated/α-hetero) is 1. The summed E-state index contributed by atoms with van der Waals surface area (Å²) < 4.78 is 0. The average molecular weight is 282 g/mol. The monoisotopic (exact) mass is 282 g/mol. The van der Waals surface area contributed by atoms with E-state index >= 15 is 0 Å². The number of para-hydroxylation sites is 1. The van der Waals surface area contributed by atoms with Gasteiger partial charge in [0.1, 0.15) is 0 Å². The van der Waals surface area contributed by atoms with Crippen molar-refractivity contribution in [3.05, 3.63) is 53.8 Å². The fraction of sp³-hybridized carbons (Fsp3) is 0.250. The summed E-state index contributed by atoms with van der Waals surface area (Å²) in [6, 6.07) is 7.69. The SMILES string of the molecule is CN1OC(N2C(=O)C(=O)C3CC=CC=C32)c2ccccc21. The van der Waals surface area contributed by atoms with Crippen LogP contribution in [0, 0.1) is 5.92 Å². The van der Waals surface area contributed by atoms with Gasteiger partial charge in [-0.2, -0.15) is 0 Å². The summed E-state index contributed by atoms with van der Waals surface area (Å²) in [5.41, 5.74) is 2.55. The van der Waals surface area contributed by atoms with Crippen LogP contribution in [0.3, 0.4) is 0 Å². The van der Waals surface area contributed by atoms with E-state index in [1.54, 1.807) is 12.1 Å². The van der Waals surface area contributed by atoms with Crippen molar-refractivity contribution in [3.63, 3.8) is 0 Å². The van der Waals surface area contributed by atoms with E-state index in [1.165, 1.54) is 4.90 Å². The summed E-state index contributed by atoms with van der Waals surface area (Å²) in [6.45, 7) is 0. The van der Waals surface area contributed by atoms with Gasteiger partial charge >= 0.3 is 0 Å². The fourth-order valence-corrected chi connectivity index (χ4v) is 3.17. The van der Waals surface area contributed by atoms with E-state index in [0.29, 0.717) is 6.42 Å². The van der Waals surface area contributed by atoms with Crippen LogP contribution in [0.2, 0.25) is 0 Å². The maximum atomic E-state index is 12.4. The van der Waals surface area contributed by atoms with Crippen molar-refractivity contribution in [1.82, 2.24) is 4.90 Å². The van der Waals surface area contributed by atoms with Crippen LogP contribution in [0.4, 0.5) is 5.69 Å². The Morgan fingerprint density at radius 1 is 1.24 bits per heavy atom. The molecule has 3 aliphatic rings. The number of benzene rings is 1. The van der Waals surface area contributed by atoms with Crippen molar-refractivity contribution in [3.8, 4) is 0 Å². The first-order valence-corrected chi connectivity index (χ1v) is 6.92.